The van der Waals surface area contributed by atoms with Crippen molar-refractivity contribution in [2.24, 2.45) is 0 Å². The monoisotopic (exact) mass is 300 g/mol. The highest BCUT2D eigenvalue weighted by Crippen LogP contribution is 2.27. The van der Waals surface area contributed by atoms with Crippen LogP contribution in [-0.4, -0.2) is 4.98 Å². The molecule has 2 N–H and O–H groups in total. The van der Waals surface area contributed by atoms with E-state index in [1.807, 2.05) is 23.7 Å². The van der Waals surface area contributed by atoms with Gasteiger partial charge in [-0.05, 0) is 33.6 Å². The van der Waals surface area contributed by atoms with Crippen LogP contribution < -0.4 is 5.73 Å². The maximum absolute atomic E-state index is 5.80. The van der Waals surface area contributed by atoms with Crippen LogP contribution >= 0.6 is 39.0 Å². The maximum Gasteiger partial charge on any atom is 0.150 e. The molecule has 2 rings (SSSR count). The predicted octanol–water partition coefficient (Wildman–Crippen LogP) is 3.78. The zero-order valence-electron chi connectivity index (χ0n) is 7.81. The quantitative estimate of drug-likeness (QED) is 0.692. The van der Waals surface area contributed by atoms with Gasteiger partial charge >= 0.3 is 0 Å². The highest BCUT2D eigenvalue weighted by Gasteiger charge is 2.00. The molecule has 0 aliphatic carbocycles. The van der Waals surface area contributed by atoms with E-state index >= 15 is 0 Å². The number of hydrogen-bond acceptors (Lipinski definition) is 4. The standard InChI is InChI=1S/C10H9BrN2S2/c11-8-2-1-7(5-9(8)12)6-15-10-13-3-4-14-10/h1-5H,6,12H2. The number of thiazole rings is 1. The first-order valence-corrected chi connectivity index (χ1v) is 6.98. The van der Waals surface area contributed by atoms with Crippen molar-refractivity contribution in [2.45, 2.75) is 10.1 Å². The Bertz CT molecular complexity index is 443. The van der Waals surface area contributed by atoms with Crippen molar-refractivity contribution in [2.75, 3.05) is 5.73 Å². The number of nitrogens with two attached hydrogens (primary N) is 1. The molecule has 0 spiro atoms. The number of hydrogen-bond donors (Lipinski definition) is 1. The van der Waals surface area contributed by atoms with Gasteiger partial charge in [0, 0.05) is 27.5 Å². The summed E-state index contributed by atoms with van der Waals surface area (Å²) in [7, 11) is 0. The Morgan fingerprint density at radius 1 is 1.47 bits per heavy atom. The fourth-order valence-electron chi connectivity index (χ4n) is 1.11. The van der Waals surface area contributed by atoms with Gasteiger partial charge in [-0.2, -0.15) is 0 Å². The summed E-state index contributed by atoms with van der Waals surface area (Å²) in [6.07, 6.45) is 1.82. The fourth-order valence-corrected chi connectivity index (χ4v) is 2.94. The van der Waals surface area contributed by atoms with Gasteiger partial charge in [-0.3, -0.25) is 0 Å². The molecule has 0 atom stereocenters. The molecule has 15 heavy (non-hydrogen) atoms. The molecule has 1 heterocycles. The molecule has 0 aliphatic rings. The first-order valence-electron chi connectivity index (χ1n) is 4.32. The van der Waals surface area contributed by atoms with E-state index in [1.54, 1.807) is 23.1 Å². The lowest BCUT2D eigenvalue weighted by molar-refractivity contribution is 1.24. The van der Waals surface area contributed by atoms with Crippen LogP contribution in [0.3, 0.4) is 0 Å². The first kappa shape index (κ1) is 11.0. The van der Waals surface area contributed by atoms with E-state index in [4.69, 9.17) is 5.73 Å². The lowest BCUT2D eigenvalue weighted by Gasteiger charge is -2.02. The smallest absolute Gasteiger partial charge is 0.150 e. The van der Waals surface area contributed by atoms with Gasteiger partial charge in [0.1, 0.15) is 4.34 Å². The van der Waals surface area contributed by atoms with Crippen LogP contribution in [0.15, 0.2) is 38.6 Å². The lowest BCUT2D eigenvalue weighted by Crippen LogP contribution is -1.88. The summed E-state index contributed by atoms with van der Waals surface area (Å²) >= 11 is 6.77. The van der Waals surface area contributed by atoms with Gasteiger partial charge in [0.25, 0.3) is 0 Å². The van der Waals surface area contributed by atoms with Crippen molar-refractivity contribution >= 4 is 44.7 Å². The van der Waals surface area contributed by atoms with Gasteiger partial charge in [0.2, 0.25) is 0 Å². The van der Waals surface area contributed by atoms with E-state index in [0.717, 1.165) is 20.3 Å². The molecule has 1 aromatic carbocycles. The number of rotatable bonds is 3. The second-order valence-electron chi connectivity index (χ2n) is 2.94. The van der Waals surface area contributed by atoms with Crippen LogP contribution in [0.5, 0.6) is 0 Å². The van der Waals surface area contributed by atoms with Crippen molar-refractivity contribution < 1.29 is 0 Å². The summed E-state index contributed by atoms with van der Waals surface area (Å²) in [5, 5.41) is 1.98. The summed E-state index contributed by atoms with van der Waals surface area (Å²) in [4.78, 5) is 4.21. The van der Waals surface area contributed by atoms with E-state index < -0.39 is 0 Å². The fraction of sp³-hybridized carbons (Fsp3) is 0.100. The first-order chi connectivity index (χ1) is 7.25. The number of thioether (sulfide) groups is 1. The normalized spacial score (nSPS) is 10.5. The molecule has 0 saturated heterocycles. The van der Waals surface area contributed by atoms with Gasteiger partial charge < -0.3 is 5.73 Å². The molecule has 0 aliphatic heterocycles. The Morgan fingerprint density at radius 3 is 3.00 bits per heavy atom. The minimum Gasteiger partial charge on any atom is -0.398 e. The van der Waals surface area contributed by atoms with E-state index in [9.17, 15) is 0 Å². The van der Waals surface area contributed by atoms with Gasteiger partial charge in [0.05, 0.1) is 0 Å². The molecule has 0 unspecified atom stereocenters. The van der Waals surface area contributed by atoms with Crippen molar-refractivity contribution in [1.29, 1.82) is 0 Å². The van der Waals surface area contributed by atoms with Crippen molar-refractivity contribution in [1.82, 2.24) is 4.98 Å². The van der Waals surface area contributed by atoms with E-state index in [-0.39, 0.29) is 0 Å². The maximum atomic E-state index is 5.80. The average molecular weight is 301 g/mol. The largest absolute Gasteiger partial charge is 0.398 e. The minimum absolute atomic E-state index is 0.784. The summed E-state index contributed by atoms with van der Waals surface area (Å²) in [6.45, 7) is 0. The molecule has 1 aromatic heterocycles. The third-order valence-corrected chi connectivity index (χ3v) is 4.59. The molecule has 0 amide bonds. The molecule has 0 saturated carbocycles. The third-order valence-electron chi connectivity index (χ3n) is 1.83. The Hall–Kier alpha value is -0.520. The molecule has 2 nitrogen and oxygen atoms in total. The molecule has 0 radical (unpaired) electrons. The number of nitrogen functional groups attached to an aromatic ring is 1. The molecule has 5 heteroatoms. The minimum atomic E-state index is 0.784. The molecular formula is C10H9BrN2S2. The summed E-state index contributed by atoms with van der Waals surface area (Å²) < 4.78 is 2.04. The van der Waals surface area contributed by atoms with Gasteiger partial charge in [-0.1, -0.05) is 17.8 Å². The Kier molecular flexibility index (Phi) is 3.66. The summed E-state index contributed by atoms with van der Waals surface area (Å²) in [6, 6.07) is 6.04. The number of nitrogens with zero attached hydrogens (tertiary/aromatic N) is 1. The second-order valence-corrected chi connectivity index (χ2v) is 5.91. The van der Waals surface area contributed by atoms with Crippen LogP contribution in [0.25, 0.3) is 0 Å². The molecule has 0 bridgehead atoms. The van der Waals surface area contributed by atoms with Crippen LogP contribution in [0, 0.1) is 0 Å². The highest BCUT2D eigenvalue weighted by molar-refractivity contribution is 9.10. The molecule has 78 valence electrons. The Labute approximate surface area is 105 Å². The van der Waals surface area contributed by atoms with Crippen LogP contribution in [0.1, 0.15) is 5.56 Å². The van der Waals surface area contributed by atoms with E-state index in [0.29, 0.717) is 0 Å². The Morgan fingerprint density at radius 2 is 2.33 bits per heavy atom. The lowest BCUT2D eigenvalue weighted by atomic mass is 10.2. The zero-order valence-corrected chi connectivity index (χ0v) is 11.0. The van der Waals surface area contributed by atoms with Crippen molar-refractivity contribution in [3.8, 4) is 0 Å². The Balaban J connectivity index is 2.02. The van der Waals surface area contributed by atoms with Gasteiger partial charge in [0.15, 0.2) is 0 Å². The number of benzene rings is 1. The summed E-state index contributed by atoms with van der Waals surface area (Å²) in [5.41, 5.74) is 7.80. The summed E-state index contributed by atoms with van der Waals surface area (Å²) in [5.74, 6) is 0.908. The van der Waals surface area contributed by atoms with Gasteiger partial charge in [-0.25, -0.2) is 4.98 Å². The van der Waals surface area contributed by atoms with Crippen LogP contribution in [0.4, 0.5) is 5.69 Å². The van der Waals surface area contributed by atoms with E-state index in [2.05, 4.69) is 27.0 Å². The number of anilines is 1. The second kappa shape index (κ2) is 5.01. The van der Waals surface area contributed by atoms with Crippen molar-refractivity contribution in [3.63, 3.8) is 0 Å². The molecular weight excluding hydrogens is 292 g/mol. The predicted molar refractivity (Wildman–Crippen MR) is 70.2 cm³/mol. The van der Waals surface area contributed by atoms with Crippen LogP contribution in [0.2, 0.25) is 0 Å². The van der Waals surface area contributed by atoms with Gasteiger partial charge in [-0.15, -0.1) is 11.3 Å². The molecule has 0 fully saturated rings. The number of aromatic nitrogens is 1. The molecule has 2 aromatic rings. The highest BCUT2D eigenvalue weighted by atomic mass is 79.9. The van der Waals surface area contributed by atoms with Crippen molar-refractivity contribution in [3.05, 3.63) is 39.8 Å². The third kappa shape index (κ3) is 2.96. The average Bonchev–Trinajstić information content (AvgIpc) is 2.73. The number of halogens is 1. The SMILES string of the molecule is Nc1cc(CSc2nccs2)ccc1Br. The zero-order chi connectivity index (χ0) is 10.7. The van der Waals surface area contributed by atoms with E-state index in [1.165, 1.54) is 5.56 Å². The van der Waals surface area contributed by atoms with Crippen LogP contribution in [-0.2, 0) is 5.75 Å². The topological polar surface area (TPSA) is 38.9 Å².